The Morgan fingerprint density at radius 2 is 1.72 bits per heavy atom. The van der Waals surface area contributed by atoms with Crippen LogP contribution in [0.25, 0.3) is 16.9 Å². The van der Waals surface area contributed by atoms with Gasteiger partial charge in [-0.15, -0.1) is 24.8 Å². The standard InChI is InChI=1S/C22H22N6O2.2ClH/c23-20-19-21(26-14-25-20)28(16-5-4-12-24-13-16)22(29)27(19)15-8-10-18(11-9-15)30-17-6-2-1-3-7-17;;/h1-3,6-11,14,16,24H,4-5,12-13H2,(H2,23,25,26);2*1H/t16-;;/m1../s1. The SMILES string of the molecule is Cl.Cl.Nc1ncnc2c1n(-c1ccc(Oc3ccccc3)cc1)c(=O)n2[C@@H]1CCCNC1. The van der Waals surface area contributed by atoms with Crippen LogP contribution in [0.15, 0.2) is 65.7 Å². The van der Waals surface area contributed by atoms with Gasteiger partial charge in [0.05, 0.1) is 11.7 Å². The Morgan fingerprint density at radius 1 is 1.00 bits per heavy atom. The first-order chi connectivity index (χ1) is 14.7. The van der Waals surface area contributed by atoms with Gasteiger partial charge in [-0.1, -0.05) is 18.2 Å². The molecule has 0 saturated carbocycles. The Balaban J connectivity index is 0.00000144. The smallest absolute Gasteiger partial charge is 0.335 e. The fourth-order valence-electron chi connectivity index (χ4n) is 3.98. The van der Waals surface area contributed by atoms with E-state index in [0.29, 0.717) is 22.6 Å². The molecule has 1 saturated heterocycles. The van der Waals surface area contributed by atoms with Gasteiger partial charge in [0.2, 0.25) is 0 Å². The fourth-order valence-corrected chi connectivity index (χ4v) is 3.98. The van der Waals surface area contributed by atoms with Crippen molar-refractivity contribution in [2.24, 2.45) is 0 Å². The van der Waals surface area contributed by atoms with E-state index in [1.165, 1.54) is 6.33 Å². The number of ether oxygens (including phenoxy) is 1. The van der Waals surface area contributed by atoms with Gasteiger partial charge < -0.3 is 15.8 Å². The van der Waals surface area contributed by atoms with Crippen LogP contribution in [0.1, 0.15) is 18.9 Å². The van der Waals surface area contributed by atoms with Crippen molar-refractivity contribution in [3.63, 3.8) is 0 Å². The largest absolute Gasteiger partial charge is 0.457 e. The van der Waals surface area contributed by atoms with Crippen LogP contribution in [0.3, 0.4) is 0 Å². The first-order valence-electron chi connectivity index (χ1n) is 10.00. The van der Waals surface area contributed by atoms with Crippen molar-refractivity contribution < 1.29 is 4.74 Å². The van der Waals surface area contributed by atoms with E-state index in [2.05, 4.69) is 15.3 Å². The molecule has 0 bridgehead atoms. The van der Waals surface area contributed by atoms with Crippen LogP contribution < -0.4 is 21.5 Å². The lowest BCUT2D eigenvalue weighted by Crippen LogP contribution is -2.36. The second kappa shape index (κ2) is 10.0. The molecule has 0 amide bonds. The Morgan fingerprint density at radius 3 is 2.41 bits per heavy atom. The quantitative estimate of drug-likeness (QED) is 0.467. The molecule has 2 aromatic heterocycles. The zero-order chi connectivity index (χ0) is 20.5. The number of aromatic nitrogens is 4. The summed E-state index contributed by atoms with van der Waals surface area (Å²) in [5.74, 6) is 1.72. The van der Waals surface area contributed by atoms with Crippen molar-refractivity contribution >= 4 is 41.8 Å². The monoisotopic (exact) mass is 474 g/mol. The Kier molecular flexibility index (Phi) is 7.40. The molecule has 3 N–H and O–H groups in total. The van der Waals surface area contributed by atoms with Gasteiger partial charge in [0.1, 0.15) is 23.3 Å². The van der Waals surface area contributed by atoms with Crippen molar-refractivity contribution in [1.29, 1.82) is 0 Å². The van der Waals surface area contributed by atoms with Crippen molar-refractivity contribution in [2.75, 3.05) is 18.8 Å². The van der Waals surface area contributed by atoms with E-state index in [0.717, 1.165) is 31.7 Å². The maximum absolute atomic E-state index is 13.5. The highest BCUT2D eigenvalue weighted by atomic mass is 35.5. The average molecular weight is 475 g/mol. The second-order valence-electron chi connectivity index (χ2n) is 7.33. The number of nitrogens with one attached hydrogen (secondary N) is 1. The highest BCUT2D eigenvalue weighted by molar-refractivity contribution is 5.86. The number of piperidine rings is 1. The number of nitrogen functional groups attached to an aromatic ring is 1. The van der Waals surface area contributed by atoms with Gasteiger partial charge in [-0.25, -0.2) is 14.8 Å². The first kappa shape index (κ1) is 23.6. The molecular weight excluding hydrogens is 451 g/mol. The van der Waals surface area contributed by atoms with E-state index in [-0.39, 0.29) is 42.4 Å². The number of imidazole rings is 1. The molecule has 4 aromatic rings. The van der Waals surface area contributed by atoms with Gasteiger partial charge in [-0.3, -0.25) is 9.13 Å². The number of benzene rings is 2. The lowest BCUT2D eigenvalue weighted by atomic mass is 10.1. The molecule has 10 heteroatoms. The normalized spacial score (nSPS) is 15.6. The Hall–Kier alpha value is -3.07. The third-order valence-corrected chi connectivity index (χ3v) is 5.39. The zero-order valence-electron chi connectivity index (χ0n) is 17.2. The van der Waals surface area contributed by atoms with Crippen molar-refractivity contribution in [3.8, 4) is 17.2 Å². The molecule has 0 radical (unpaired) electrons. The number of rotatable bonds is 4. The Bertz CT molecular complexity index is 1240. The average Bonchev–Trinajstić information content (AvgIpc) is 3.09. The lowest BCUT2D eigenvalue weighted by Gasteiger charge is -2.23. The third kappa shape index (κ3) is 4.29. The van der Waals surface area contributed by atoms with Crippen LogP contribution in [0.2, 0.25) is 0 Å². The number of nitrogens with zero attached hydrogens (tertiary/aromatic N) is 4. The predicted molar refractivity (Wildman–Crippen MR) is 130 cm³/mol. The molecule has 8 nitrogen and oxygen atoms in total. The van der Waals surface area contributed by atoms with Crippen molar-refractivity contribution in [3.05, 3.63) is 71.4 Å². The molecule has 1 atom stereocenters. The van der Waals surface area contributed by atoms with Gasteiger partial charge in [0.25, 0.3) is 0 Å². The van der Waals surface area contributed by atoms with Crippen molar-refractivity contribution in [1.82, 2.24) is 24.4 Å². The summed E-state index contributed by atoms with van der Waals surface area (Å²) in [4.78, 5) is 22.0. The van der Waals surface area contributed by atoms with E-state index >= 15 is 0 Å². The van der Waals surface area contributed by atoms with E-state index in [9.17, 15) is 4.79 Å². The minimum absolute atomic E-state index is 0. The lowest BCUT2D eigenvalue weighted by molar-refractivity contribution is 0.369. The van der Waals surface area contributed by atoms with E-state index in [1.807, 2.05) is 54.6 Å². The summed E-state index contributed by atoms with van der Waals surface area (Å²) in [7, 11) is 0. The molecule has 2 aromatic carbocycles. The van der Waals surface area contributed by atoms with Crippen LogP contribution in [0.4, 0.5) is 5.82 Å². The summed E-state index contributed by atoms with van der Waals surface area (Å²) in [5, 5.41) is 3.36. The summed E-state index contributed by atoms with van der Waals surface area (Å²) in [5.41, 5.74) is 7.79. The molecule has 0 unspecified atom stereocenters. The Labute approximate surface area is 197 Å². The summed E-state index contributed by atoms with van der Waals surface area (Å²) < 4.78 is 9.19. The predicted octanol–water partition coefficient (Wildman–Crippen LogP) is 3.72. The molecule has 32 heavy (non-hydrogen) atoms. The van der Waals surface area contributed by atoms with Gasteiger partial charge in [0.15, 0.2) is 11.5 Å². The minimum Gasteiger partial charge on any atom is -0.457 e. The topological polar surface area (TPSA) is 100.0 Å². The van der Waals surface area contributed by atoms with Gasteiger partial charge in [0, 0.05) is 6.54 Å². The molecule has 0 aliphatic carbocycles. The molecule has 0 spiro atoms. The third-order valence-electron chi connectivity index (χ3n) is 5.39. The molecule has 5 rings (SSSR count). The first-order valence-corrected chi connectivity index (χ1v) is 10.00. The fraction of sp³-hybridized carbons (Fsp3) is 0.227. The van der Waals surface area contributed by atoms with Crippen LogP contribution >= 0.6 is 24.8 Å². The van der Waals surface area contributed by atoms with Gasteiger partial charge in [-0.05, 0) is 55.8 Å². The van der Waals surface area contributed by atoms with E-state index in [1.54, 1.807) is 9.13 Å². The van der Waals surface area contributed by atoms with Crippen LogP contribution in [-0.4, -0.2) is 32.2 Å². The summed E-state index contributed by atoms with van der Waals surface area (Å²) in [6, 6.07) is 16.9. The number of hydrogen-bond donors (Lipinski definition) is 2. The summed E-state index contributed by atoms with van der Waals surface area (Å²) in [6.07, 6.45) is 3.33. The zero-order valence-corrected chi connectivity index (χ0v) is 18.8. The summed E-state index contributed by atoms with van der Waals surface area (Å²) in [6.45, 7) is 1.69. The highest BCUT2D eigenvalue weighted by Gasteiger charge is 2.25. The number of hydrogen-bond acceptors (Lipinski definition) is 6. The number of para-hydroxylation sites is 1. The molecule has 1 aliphatic heterocycles. The number of anilines is 1. The summed E-state index contributed by atoms with van der Waals surface area (Å²) >= 11 is 0. The maximum atomic E-state index is 13.5. The molecule has 3 heterocycles. The molecule has 1 fully saturated rings. The number of halogens is 2. The number of nitrogens with two attached hydrogens (primary N) is 1. The number of fused-ring (bicyclic) bond motifs is 1. The van der Waals surface area contributed by atoms with Crippen LogP contribution in [0, 0.1) is 0 Å². The van der Waals surface area contributed by atoms with E-state index in [4.69, 9.17) is 10.5 Å². The molecular formula is C22H24Cl2N6O2. The van der Waals surface area contributed by atoms with Crippen LogP contribution in [0.5, 0.6) is 11.5 Å². The maximum Gasteiger partial charge on any atom is 0.335 e. The highest BCUT2D eigenvalue weighted by Crippen LogP contribution is 2.27. The van der Waals surface area contributed by atoms with Crippen LogP contribution in [-0.2, 0) is 0 Å². The van der Waals surface area contributed by atoms with Crippen molar-refractivity contribution in [2.45, 2.75) is 18.9 Å². The molecule has 168 valence electrons. The van der Waals surface area contributed by atoms with Gasteiger partial charge >= 0.3 is 5.69 Å². The van der Waals surface area contributed by atoms with E-state index < -0.39 is 0 Å². The second-order valence-corrected chi connectivity index (χ2v) is 7.33. The van der Waals surface area contributed by atoms with Gasteiger partial charge in [-0.2, -0.15) is 0 Å². The minimum atomic E-state index is -0.164. The molecule has 1 aliphatic rings.